The maximum atomic E-state index is 10.9. The van der Waals surface area contributed by atoms with Crippen molar-refractivity contribution in [1.82, 2.24) is 10.6 Å². The highest BCUT2D eigenvalue weighted by atomic mass is 16.2. The van der Waals surface area contributed by atoms with Crippen LogP contribution >= 0.6 is 0 Å². The summed E-state index contributed by atoms with van der Waals surface area (Å²) in [4.78, 5) is 10.9. The van der Waals surface area contributed by atoms with Crippen LogP contribution in [0.3, 0.4) is 0 Å². The average molecular weight is 196 g/mol. The number of urea groups is 1. The van der Waals surface area contributed by atoms with E-state index in [1.54, 1.807) is 19.2 Å². The van der Waals surface area contributed by atoms with E-state index in [0.717, 1.165) is 5.57 Å². The van der Waals surface area contributed by atoms with Crippen LogP contribution in [0.4, 0.5) is 4.79 Å². The molecule has 0 saturated heterocycles. The van der Waals surface area contributed by atoms with E-state index in [0.29, 0.717) is 5.70 Å². The third kappa shape index (κ3) is 7.16. The van der Waals surface area contributed by atoms with Gasteiger partial charge in [0.2, 0.25) is 0 Å². The molecule has 14 heavy (non-hydrogen) atoms. The topological polar surface area (TPSA) is 41.1 Å². The van der Waals surface area contributed by atoms with Crippen molar-refractivity contribution in [3.05, 3.63) is 36.6 Å². The van der Waals surface area contributed by atoms with Crippen LogP contribution in [0.2, 0.25) is 0 Å². The molecule has 0 bridgehead atoms. The molecule has 0 radical (unpaired) electrons. The summed E-state index contributed by atoms with van der Waals surface area (Å²) in [6.45, 7) is 13.0. The lowest BCUT2D eigenvalue weighted by atomic mass is 10.2. The Balaban J connectivity index is 0. The quantitative estimate of drug-likeness (QED) is 0.669. The Morgan fingerprint density at radius 2 is 1.86 bits per heavy atom. The molecule has 0 aromatic heterocycles. The molecule has 0 heterocycles. The van der Waals surface area contributed by atoms with E-state index in [-0.39, 0.29) is 6.03 Å². The Labute approximate surface area is 86.6 Å². The van der Waals surface area contributed by atoms with Crippen LogP contribution < -0.4 is 10.6 Å². The van der Waals surface area contributed by atoms with Gasteiger partial charge in [0, 0.05) is 12.7 Å². The zero-order valence-electron chi connectivity index (χ0n) is 9.48. The number of carbonyl (C=O) groups excluding carboxylic acids is 1. The Hall–Kier alpha value is -1.51. The third-order valence-electron chi connectivity index (χ3n) is 1.22. The standard InChI is InChI=1S/C9H14N2O.C2H6/c1-5-6-8(7(2)3)11-9(12)10-4;1-2/h5-6H,1-2H2,3-4H3,(H2,10,11,12);1-2H3/b8-6+;. The Morgan fingerprint density at radius 3 is 2.14 bits per heavy atom. The summed E-state index contributed by atoms with van der Waals surface area (Å²) >= 11 is 0. The van der Waals surface area contributed by atoms with Gasteiger partial charge in [-0.25, -0.2) is 4.79 Å². The molecule has 0 aromatic carbocycles. The molecule has 2 N–H and O–H groups in total. The monoisotopic (exact) mass is 196 g/mol. The molecule has 0 fully saturated rings. The van der Waals surface area contributed by atoms with E-state index in [4.69, 9.17) is 0 Å². The number of hydrogen-bond acceptors (Lipinski definition) is 1. The molecule has 3 heteroatoms. The van der Waals surface area contributed by atoms with Gasteiger partial charge in [0.15, 0.2) is 0 Å². The first-order valence-electron chi connectivity index (χ1n) is 4.59. The van der Waals surface area contributed by atoms with Crippen LogP contribution in [0.15, 0.2) is 36.6 Å². The van der Waals surface area contributed by atoms with Crippen molar-refractivity contribution in [2.24, 2.45) is 0 Å². The zero-order chi connectivity index (χ0) is 11.6. The lowest BCUT2D eigenvalue weighted by molar-refractivity contribution is 0.245. The minimum atomic E-state index is -0.258. The summed E-state index contributed by atoms with van der Waals surface area (Å²) in [5.41, 5.74) is 1.46. The molecular formula is C11H20N2O. The van der Waals surface area contributed by atoms with Gasteiger partial charge in [-0.1, -0.05) is 33.1 Å². The number of amides is 2. The van der Waals surface area contributed by atoms with Gasteiger partial charge in [0.05, 0.1) is 0 Å². The van der Waals surface area contributed by atoms with Crippen molar-refractivity contribution < 1.29 is 4.79 Å². The average Bonchev–Trinajstić information content (AvgIpc) is 2.19. The first kappa shape index (κ1) is 15.0. The fraction of sp³-hybridized carbons (Fsp3) is 0.364. The van der Waals surface area contributed by atoms with E-state index in [1.165, 1.54) is 0 Å². The van der Waals surface area contributed by atoms with Gasteiger partial charge in [-0.3, -0.25) is 0 Å². The Morgan fingerprint density at radius 1 is 1.36 bits per heavy atom. The maximum Gasteiger partial charge on any atom is 0.318 e. The van der Waals surface area contributed by atoms with Crippen molar-refractivity contribution in [2.45, 2.75) is 20.8 Å². The van der Waals surface area contributed by atoms with Crippen LogP contribution in [0, 0.1) is 0 Å². The molecule has 0 spiro atoms. The number of rotatable bonds is 3. The SMILES string of the molecule is C=C/C=C(/NC(=O)NC)C(=C)C.CC. The predicted molar refractivity (Wildman–Crippen MR) is 62.0 cm³/mol. The first-order valence-corrected chi connectivity index (χ1v) is 4.59. The molecule has 3 nitrogen and oxygen atoms in total. The van der Waals surface area contributed by atoms with Crippen molar-refractivity contribution in [3.8, 4) is 0 Å². The molecule has 0 unspecified atom stereocenters. The second-order valence-electron chi connectivity index (χ2n) is 2.30. The highest BCUT2D eigenvalue weighted by molar-refractivity contribution is 5.76. The van der Waals surface area contributed by atoms with Crippen molar-refractivity contribution in [1.29, 1.82) is 0 Å². The van der Waals surface area contributed by atoms with Gasteiger partial charge >= 0.3 is 6.03 Å². The largest absolute Gasteiger partial charge is 0.341 e. The molecule has 0 aliphatic carbocycles. The number of allylic oxidation sites excluding steroid dienone is 3. The molecule has 0 aliphatic rings. The molecule has 0 aliphatic heterocycles. The van der Waals surface area contributed by atoms with Crippen LogP contribution in [0.5, 0.6) is 0 Å². The first-order chi connectivity index (χ1) is 6.61. The van der Waals surface area contributed by atoms with E-state index in [9.17, 15) is 4.79 Å². The van der Waals surface area contributed by atoms with Crippen molar-refractivity contribution in [3.63, 3.8) is 0 Å². The molecule has 80 valence electrons. The van der Waals surface area contributed by atoms with E-state index < -0.39 is 0 Å². The minimum Gasteiger partial charge on any atom is -0.341 e. The van der Waals surface area contributed by atoms with Crippen LogP contribution in [-0.2, 0) is 0 Å². The fourth-order valence-electron chi connectivity index (χ4n) is 0.593. The molecule has 0 saturated carbocycles. The van der Waals surface area contributed by atoms with Crippen LogP contribution in [0.1, 0.15) is 20.8 Å². The van der Waals surface area contributed by atoms with Gasteiger partial charge in [0.1, 0.15) is 0 Å². The summed E-state index contributed by atoms with van der Waals surface area (Å²) < 4.78 is 0. The zero-order valence-corrected chi connectivity index (χ0v) is 9.48. The minimum absolute atomic E-state index is 0.258. The van der Waals surface area contributed by atoms with Crippen molar-refractivity contribution >= 4 is 6.03 Å². The van der Waals surface area contributed by atoms with E-state index >= 15 is 0 Å². The summed E-state index contributed by atoms with van der Waals surface area (Å²) in [5, 5.41) is 5.05. The highest BCUT2D eigenvalue weighted by Crippen LogP contribution is 2.01. The van der Waals surface area contributed by atoms with Gasteiger partial charge in [-0.15, -0.1) is 0 Å². The van der Waals surface area contributed by atoms with Crippen LogP contribution in [-0.4, -0.2) is 13.1 Å². The molecule has 0 aromatic rings. The summed E-state index contributed by atoms with van der Waals surface area (Å²) in [6, 6.07) is -0.258. The molecular weight excluding hydrogens is 176 g/mol. The van der Waals surface area contributed by atoms with Crippen LogP contribution in [0.25, 0.3) is 0 Å². The lowest BCUT2D eigenvalue weighted by Crippen LogP contribution is -2.32. The summed E-state index contributed by atoms with van der Waals surface area (Å²) in [6.07, 6.45) is 3.29. The maximum absolute atomic E-state index is 10.9. The summed E-state index contributed by atoms with van der Waals surface area (Å²) in [7, 11) is 1.55. The second-order valence-corrected chi connectivity index (χ2v) is 2.30. The lowest BCUT2D eigenvalue weighted by Gasteiger charge is -2.07. The van der Waals surface area contributed by atoms with Gasteiger partial charge in [-0.05, 0) is 18.6 Å². The number of nitrogens with one attached hydrogen (secondary N) is 2. The van der Waals surface area contributed by atoms with Gasteiger partial charge in [-0.2, -0.15) is 0 Å². The molecule has 0 rings (SSSR count). The van der Waals surface area contributed by atoms with Crippen molar-refractivity contribution in [2.75, 3.05) is 7.05 Å². The second kappa shape index (κ2) is 9.58. The molecule has 2 amide bonds. The normalized spacial score (nSPS) is 9.29. The molecule has 0 atom stereocenters. The van der Waals surface area contributed by atoms with E-state index in [1.807, 2.05) is 20.8 Å². The third-order valence-corrected chi connectivity index (χ3v) is 1.22. The Bertz CT molecular complexity index is 229. The summed E-state index contributed by atoms with van der Waals surface area (Å²) in [5.74, 6) is 0. The number of hydrogen-bond donors (Lipinski definition) is 2. The fourth-order valence-corrected chi connectivity index (χ4v) is 0.593. The smallest absolute Gasteiger partial charge is 0.318 e. The number of carbonyl (C=O) groups is 1. The van der Waals surface area contributed by atoms with E-state index in [2.05, 4.69) is 23.8 Å². The van der Waals surface area contributed by atoms with Gasteiger partial charge < -0.3 is 10.6 Å². The van der Waals surface area contributed by atoms with Gasteiger partial charge in [0.25, 0.3) is 0 Å². The Kier molecular flexibility index (Phi) is 10.3. The predicted octanol–water partition coefficient (Wildman–Crippen LogP) is 2.59. The highest BCUT2D eigenvalue weighted by Gasteiger charge is 2.00.